The van der Waals surface area contributed by atoms with Crippen molar-refractivity contribution in [1.82, 2.24) is 9.97 Å². The number of nitrogens with one attached hydrogen (secondary N) is 4. The molecule has 2 heterocycles. The number of H-pyrrole nitrogens is 2. The lowest BCUT2D eigenvalue weighted by molar-refractivity contribution is -0.118. The van der Waals surface area contributed by atoms with Gasteiger partial charge in [0.2, 0.25) is 11.8 Å². The van der Waals surface area contributed by atoms with Crippen LogP contribution in [-0.2, 0) is 22.4 Å². The summed E-state index contributed by atoms with van der Waals surface area (Å²) in [5.41, 5.74) is 17.3. The molecule has 0 spiro atoms. The van der Waals surface area contributed by atoms with Gasteiger partial charge in [0.1, 0.15) is 0 Å². The second kappa shape index (κ2) is 10.6. The summed E-state index contributed by atoms with van der Waals surface area (Å²) in [6, 6.07) is 19.4. The van der Waals surface area contributed by atoms with Gasteiger partial charge in [0.05, 0.1) is 23.5 Å². The highest BCUT2D eigenvalue weighted by atomic mass is 79.9. The summed E-state index contributed by atoms with van der Waals surface area (Å²) >= 11 is 3.43. The Morgan fingerprint density at radius 1 is 0.730 bits per heavy atom. The van der Waals surface area contributed by atoms with Crippen LogP contribution in [0.25, 0.3) is 21.8 Å². The molecule has 2 amide bonds. The van der Waals surface area contributed by atoms with Crippen LogP contribution in [0.1, 0.15) is 11.1 Å². The zero-order chi connectivity index (χ0) is 25.9. The van der Waals surface area contributed by atoms with Gasteiger partial charge in [-0.05, 0) is 54.3 Å². The highest BCUT2D eigenvalue weighted by Crippen LogP contribution is 2.27. The Labute approximate surface area is 221 Å². The lowest BCUT2D eigenvalue weighted by atomic mass is 10.0. The topological polar surface area (TPSA) is 142 Å². The SMILES string of the molecule is N[C@@H](Cc1c[nH]c2ccccc12)C(=O)Nc1ccc(Br)cc1NC(=O)[C@@H](N)Cc1c[nH]c2ccccc12. The number of carbonyl (C=O) groups excluding carboxylic acids is 2. The van der Waals surface area contributed by atoms with E-state index in [0.29, 0.717) is 24.2 Å². The molecule has 0 saturated heterocycles. The zero-order valence-electron chi connectivity index (χ0n) is 19.9. The second-order valence-electron chi connectivity index (χ2n) is 9.01. The minimum absolute atomic E-state index is 0.355. The summed E-state index contributed by atoms with van der Waals surface area (Å²) < 4.78 is 0.745. The third-order valence-corrected chi connectivity index (χ3v) is 6.89. The van der Waals surface area contributed by atoms with Gasteiger partial charge in [-0.2, -0.15) is 0 Å². The molecule has 2 atom stereocenters. The van der Waals surface area contributed by atoms with Gasteiger partial charge < -0.3 is 32.1 Å². The number of para-hydroxylation sites is 2. The first-order valence-electron chi connectivity index (χ1n) is 11.9. The van der Waals surface area contributed by atoms with Gasteiger partial charge in [0.25, 0.3) is 0 Å². The molecular weight excluding hydrogens is 532 g/mol. The number of carbonyl (C=O) groups is 2. The Bertz CT molecular complexity index is 1590. The van der Waals surface area contributed by atoms with Crippen LogP contribution in [0.2, 0.25) is 0 Å². The predicted octanol–water partition coefficient (Wildman–Crippen LogP) is 4.43. The van der Waals surface area contributed by atoms with Crippen molar-refractivity contribution in [2.75, 3.05) is 10.6 Å². The van der Waals surface area contributed by atoms with Crippen molar-refractivity contribution in [2.45, 2.75) is 24.9 Å². The number of hydrogen-bond acceptors (Lipinski definition) is 4. The first-order valence-corrected chi connectivity index (χ1v) is 12.7. The summed E-state index contributed by atoms with van der Waals surface area (Å²) in [5, 5.41) is 7.78. The standard InChI is InChI=1S/C28H27BrN6O2/c29-18-9-10-25(34-27(36)21(30)11-16-14-32-23-7-3-1-5-19(16)23)26(13-18)35-28(37)22(31)12-17-15-33-24-8-4-2-6-20(17)24/h1-10,13-15,21-22,32-33H,11-12,30-31H2,(H,34,36)(H,35,37)/t21-,22-/m0/s1. The first-order chi connectivity index (χ1) is 17.9. The fraction of sp³-hybridized carbons (Fsp3) is 0.143. The van der Waals surface area contributed by atoms with E-state index < -0.39 is 12.1 Å². The van der Waals surface area contributed by atoms with E-state index in [0.717, 1.165) is 37.4 Å². The van der Waals surface area contributed by atoms with Crippen molar-refractivity contribution < 1.29 is 9.59 Å². The van der Waals surface area contributed by atoms with Gasteiger partial charge in [0, 0.05) is 38.7 Å². The predicted molar refractivity (Wildman–Crippen MR) is 151 cm³/mol. The molecule has 5 rings (SSSR count). The van der Waals surface area contributed by atoms with Crippen LogP contribution >= 0.6 is 15.9 Å². The average Bonchev–Trinajstić information content (AvgIpc) is 3.50. The van der Waals surface area contributed by atoms with Gasteiger partial charge in [-0.1, -0.05) is 52.3 Å². The number of halogens is 1. The minimum Gasteiger partial charge on any atom is -0.361 e. The largest absolute Gasteiger partial charge is 0.361 e. The second-order valence-corrected chi connectivity index (χ2v) is 9.92. The molecule has 9 heteroatoms. The molecule has 0 unspecified atom stereocenters. The van der Waals surface area contributed by atoms with Crippen LogP contribution < -0.4 is 22.1 Å². The Morgan fingerprint density at radius 3 is 1.76 bits per heavy atom. The normalized spacial score (nSPS) is 12.9. The molecule has 0 fully saturated rings. The molecule has 0 bridgehead atoms. The third kappa shape index (κ3) is 5.43. The Kier molecular flexibility index (Phi) is 7.09. The molecular formula is C28H27BrN6O2. The van der Waals surface area contributed by atoms with E-state index in [1.807, 2.05) is 60.9 Å². The van der Waals surface area contributed by atoms with Crippen molar-refractivity contribution in [3.8, 4) is 0 Å². The molecule has 0 aliphatic carbocycles. The maximum absolute atomic E-state index is 13.0. The summed E-state index contributed by atoms with van der Waals surface area (Å²) in [4.78, 5) is 32.4. The van der Waals surface area contributed by atoms with Crippen molar-refractivity contribution in [2.24, 2.45) is 11.5 Å². The van der Waals surface area contributed by atoms with Gasteiger partial charge >= 0.3 is 0 Å². The average molecular weight is 559 g/mol. The summed E-state index contributed by atoms with van der Waals surface area (Å²) in [6.07, 6.45) is 4.47. The number of hydrogen-bond donors (Lipinski definition) is 6. The van der Waals surface area contributed by atoms with Crippen molar-refractivity contribution in [3.63, 3.8) is 0 Å². The van der Waals surface area contributed by atoms with E-state index >= 15 is 0 Å². The van der Waals surface area contributed by atoms with E-state index in [1.54, 1.807) is 18.2 Å². The number of nitrogens with two attached hydrogens (primary N) is 2. The third-order valence-electron chi connectivity index (χ3n) is 6.40. The van der Waals surface area contributed by atoms with Gasteiger partial charge in [-0.25, -0.2) is 0 Å². The zero-order valence-corrected chi connectivity index (χ0v) is 21.5. The van der Waals surface area contributed by atoms with E-state index in [-0.39, 0.29) is 11.8 Å². The van der Waals surface area contributed by atoms with Gasteiger partial charge in [-0.3, -0.25) is 9.59 Å². The number of fused-ring (bicyclic) bond motifs is 2. The maximum Gasteiger partial charge on any atom is 0.241 e. The lowest BCUT2D eigenvalue weighted by Gasteiger charge is -2.17. The number of benzene rings is 3. The van der Waals surface area contributed by atoms with E-state index in [2.05, 4.69) is 36.5 Å². The highest BCUT2D eigenvalue weighted by molar-refractivity contribution is 9.10. The number of aromatic nitrogens is 2. The summed E-state index contributed by atoms with van der Waals surface area (Å²) in [5.74, 6) is -0.715. The van der Waals surface area contributed by atoms with Gasteiger partial charge in [0.15, 0.2) is 0 Å². The number of amides is 2. The van der Waals surface area contributed by atoms with Crippen LogP contribution in [0.15, 0.2) is 83.6 Å². The number of anilines is 2. The lowest BCUT2D eigenvalue weighted by Crippen LogP contribution is -2.39. The monoisotopic (exact) mass is 558 g/mol. The smallest absolute Gasteiger partial charge is 0.241 e. The Hall–Kier alpha value is -3.92. The van der Waals surface area contributed by atoms with Crippen LogP contribution in [-0.4, -0.2) is 33.9 Å². The molecule has 5 aromatic rings. The van der Waals surface area contributed by atoms with E-state index in [1.165, 1.54) is 0 Å². The Balaban J connectivity index is 1.27. The van der Waals surface area contributed by atoms with Crippen LogP contribution in [0, 0.1) is 0 Å². The van der Waals surface area contributed by atoms with Crippen molar-refractivity contribution >= 4 is 60.9 Å². The van der Waals surface area contributed by atoms with Gasteiger partial charge in [-0.15, -0.1) is 0 Å². The highest BCUT2D eigenvalue weighted by Gasteiger charge is 2.21. The molecule has 0 saturated carbocycles. The maximum atomic E-state index is 13.0. The molecule has 37 heavy (non-hydrogen) atoms. The quantitative estimate of drug-likeness (QED) is 0.167. The molecule has 0 radical (unpaired) electrons. The number of aromatic amines is 2. The fourth-order valence-electron chi connectivity index (χ4n) is 4.44. The molecule has 0 aliphatic rings. The van der Waals surface area contributed by atoms with Crippen LogP contribution in [0.3, 0.4) is 0 Å². The first kappa shape index (κ1) is 24.8. The molecule has 0 aliphatic heterocycles. The minimum atomic E-state index is -0.786. The van der Waals surface area contributed by atoms with Crippen molar-refractivity contribution in [1.29, 1.82) is 0 Å². The van der Waals surface area contributed by atoms with E-state index in [4.69, 9.17) is 11.5 Å². The Morgan fingerprint density at radius 2 is 1.22 bits per heavy atom. The van der Waals surface area contributed by atoms with Crippen molar-refractivity contribution in [3.05, 3.63) is 94.7 Å². The molecule has 188 valence electrons. The summed E-state index contributed by atoms with van der Waals surface area (Å²) in [6.45, 7) is 0. The van der Waals surface area contributed by atoms with E-state index in [9.17, 15) is 9.59 Å². The summed E-state index contributed by atoms with van der Waals surface area (Å²) in [7, 11) is 0. The molecule has 8 nitrogen and oxygen atoms in total. The molecule has 2 aromatic heterocycles. The molecule has 8 N–H and O–H groups in total. The van der Waals surface area contributed by atoms with Crippen LogP contribution in [0.5, 0.6) is 0 Å². The van der Waals surface area contributed by atoms with Crippen LogP contribution in [0.4, 0.5) is 11.4 Å². The fourth-order valence-corrected chi connectivity index (χ4v) is 4.80. The number of rotatable bonds is 8. The molecule has 3 aromatic carbocycles.